The van der Waals surface area contributed by atoms with Crippen molar-refractivity contribution in [1.29, 1.82) is 0 Å². The van der Waals surface area contributed by atoms with Crippen molar-refractivity contribution >= 4 is 17.9 Å². The topological polar surface area (TPSA) is 118 Å². The monoisotopic (exact) mass is 389 g/mol. The lowest BCUT2D eigenvalue weighted by Crippen LogP contribution is -2.26. The number of rotatable bonds is 5. The van der Waals surface area contributed by atoms with Crippen LogP contribution in [0, 0.1) is 0 Å². The van der Waals surface area contributed by atoms with Gasteiger partial charge in [-0.25, -0.2) is 0 Å². The summed E-state index contributed by atoms with van der Waals surface area (Å²) in [5.41, 5.74) is 16.8. The maximum atomic E-state index is 12.8. The number of aromatic amines is 1. The van der Waals surface area contributed by atoms with Crippen LogP contribution in [0.2, 0.25) is 0 Å². The Morgan fingerprint density at radius 1 is 1.24 bits per heavy atom. The second kappa shape index (κ2) is 8.53. The molecule has 2 heterocycles. The molecule has 0 saturated carbocycles. The second-order valence-electron chi connectivity index (χ2n) is 6.56. The first kappa shape index (κ1) is 20.0. The number of nitrogen functional groups attached to an aromatic ring is 1. The van der Waals surface area contributed by atoms with Crippen LogP contribution in [0.1, 0.15) is 15.9 Å². The van der Waals surface area contributed by atoms with Gasteiger partial charge in [-0.1, -0.05) is 30.8 Å². The fourth-order valence-electron chi connectivity index (χ4n) is 3.46. The summed E-state index contributed by atoms with van der Waals surface area (Å²) in [6.45, 7) is 4.27. The lowest BCUT2D eigenvalue weighted by atomic mass is 9.94. The number of aromatic nitrogens is 2. The van der Waals surface area contributed by atoms with E-state index in [1.54, 1.807) is 17.2 Å². The number of nitrogens with one attached hydrogen (secondary N) is 1. The van der Waals surface area contributed by atoms with Crippen LogP contribution in [0.4, 0.5) is 5.69 Å². The minimum absolute atomic E-state index is 0.168. The molecule has 0 saturated heterocycles. The molecule has 2 aromatic carbocycles. The fourth-order valence-corrected chi connectivity index (χ4v) is 3.46. The first-order valence-electron chi connectivity index (χ1n) is 9.09. The number of nitrogens with zero attached hydrogens (tertiary/aromatic N) is 2. The van der Waals surface area contributed by atoms with E-state index < -0.39 is 0 Å². The maximum absolute atomic E-state index is 12.8. The third-order valence-electron chi connectivity index (χ3n) is 4.76. The van der Waals surface area contributed by atoms with Gasteiger partial charge in [-0.3, -0.25) is 14.7 Å². The molecule has 0 fully saturated rings. The first-order valence-corrected chi connectivity index (χ1v) is 9.09. The number of nitrogens with two attached hydrogens (primary N) is 2. The Morgan fingerprint density at radius 2 is 2.00 bits per heavy atom. The van der Waals surface area contributed by atoms with Crippen molar-refractivity contribution in [3.8, 4) is 22.3 Å². The lowest BCUT2D eigenvalue weighted by Gasteiger charge is -2.15. The van der Waals surface area contributed by atoms with Crippen molar-refractivity contribution in [2.45, 2.75) is 6.54 Å². The molecule has 7 heteroatoms. The second-order valence-corrected chi connectivity index (χ2v) is 6.56. The highest BCUT2D eigenvalue weighted by molar-refractivity contribution is 6.05. The zero-order valence-corrected chi connectivity index (χ0v) is 16.2. The Kier molecular flexibility index (Phi) is 5.90. The van der Waals surface area contributed by atoms with E-state index in [0.717, 1.165) is 27.8 Å². The van der Waals surface area contributed by atoms with Crippen LogP contribution in [0.15, 0.2) is 60.9 Å². The van der Waals surface area contributed by atoms with Crippen molar-refractivity contribution in [2.24, 2.45) is 5.73 Å². The van der Waals surface area contributed by atoms with Crippen molar-refractivity contribution in [3.63, 3.8) is 0 Å². The molecule has 0 spiro atoms. The van der Waals surface area contributed by atoms with Gasteiger partial charge in [0.05, 0.1) is 11.8 Å². The molecule has 0 aliphatic carbocycles. The summed E-state index contributed by atoms with van der Waals surface area (Å²) < 4.78 is 0. The molecule has 3 aromatic rings. The summed E-state index contributed by atoms with van der Waals surface area (Å²) in [5, 5.41) is 6.81. The summed E-state index contributed by atoms with van der Waals surface area (Å²) in [6, 6.07) is 11.8. The molecule has 1 aromatic heterocycles. The highest BCUT2D eigenvalue weighted by atomic mass is 16.2. The number of benzene rings is 2. The predicted octanol–water partition coefficient (Wildman–Crippen LogP) is 2.61. The van der Waals surface area contributed by atoms with E-state index in [2.05, 4.69) is 28.6 Å². The van der Waals surface area contributed by atoms with Gasteiger partial charge in [0.1, 0.15) is 6.29 Å². The van der Waals surface area contributed by atoms with Crippen LogP contribution in [0.5, 0.6) is 0 Å². The van der Waals surface area contributed by atoms with Crippen LogP contribution in [-0.2, 0) is 11.3 Å². The summed E-state index contributed by atoms with van der Waals surface area (Å²) in [5.74, 6) is -0.168. The SMILES string of the molecule is C=C(C=O)CN1Cc2c(-c3cccc(-c4cn[nH]c4)c3)ccc(N)c2C1=O.CN. The molecular formula is C22H23N5O2. The van der Waals surface area contributed by atoms with E-state index >= 15 is 0 Å². The first-order chi connectivity index (χ1) is 14.1. The molecule has 7 nitrogen and oxygen atoms in total. The summed E-state index contributed by atoms with van der Waals surface area (Å²) in [4.78, 5) is 25.3. The van der Waals surface area contributed by atoms with E-state index in [9.17, 15) is 9.59 Å². The Morgan fingerprint density at radius 3 is 2.69 bits per heavy atom. The minimum Gasteiger partial charge on any atom is -0.398 e. The van der Waals surface area contributed by atoms with Crippen molar-refractivity contribution < 1.29 is 9.59 Å². The molecule has 148 valence electrons. The molecule has 5 N–H and O–H groups in total. The average Bonchev–Trinajstić information content (AvgIpc) is 3.39. The van der Waals surface area contributed by atoms with Gasteiger partial charge in [-0.05, 0) is 41.4 Å². The summed E-state index contributed by atoms with van der Waals surface area (Å²) in [7, 11) is 1.50. The van der Waals surface area contributed by atoms with E-state index in [1.165, 1.54) is 7.05 Å². The van der Waals surface area contributed by atoms with Gasteiger partial charge in [0, 0.05) is 36.1 Å². The molecule has 0 unspecified atom stereocenters. The van der Waals surface area contributed by atoms with Crippen LogP contribution >= 0.6 is 0 Å². The van der Waals surface area contributed by atoms with Gasteiger partial charge in [-0.2, -0.15) is 5.10 Å². The summed E-state index contributed by atoms with van der Waals surface area (Å²) >= 11 is 0. The van der Waals surface area contributed by atoms with Gasteiger partial charge in [0.2, 0.25) is 0 Å². The van der Waals surface area contributed by atoms with E-state index in [1.807, 2.05) is 30.5 Å². The standard InChI is InChI=1S/C21H18N4O2.CH5N/c1-13(12-26)10-25-11-18-17(5-6-19(22)20(18)21(25)27)15-4-2-3-14(7-15)16-8-23-24-9-16;1-2/h2-9,12H,1,10-11,22H2,(H,23,24);2H2,1H3. The maximum Gasteiger partial charge on any atom is 0.256 e. The molecule has 29 heavy (non-hydrogen) atoms. The van der Waals surface area contributed by atoms with Crippen LogP contribution < -0.4 is 11.5 Å². The van der Waals surface area contributed by atoms with E-state index in [0.29, 0.717) is 29.7 Å². The van der Waals surface area contributed by atoms with E-state index in [4.69, 9.17) is 5.73 Å². The lowest BCUT2D eigenvalue weighted by molar-refractivity contribution is -0.105. The highest BCUT2D eigenvalue weighted by Crippen LogP contribution is 2.37. The number of fused-ring (bicyclic) bond motifs is 1. The van der Waals surface area contributed by atoms with Crippen LogP contribution in [0.3, 0.4) is 0 Å². The Balaban J connectivity index is 0.00000117. The molecule has 0 bridgehead atoms. The average molecular weight is 389 g/mol. The Labute approximate surface area is 169 Å². The molecular weight excluding hydrogens is 366 g/mol. The number of hydrogen-bond acceptors (Lipinski definition) is 5. The van der Waals surface area contributed by atoms with E-state index in [-0.39, 0.29) is 12.5 Å². The number of amides is 1. The molecule has 1 amide bonds. The normalized spacial score (nSPS) is 12.2. The third kappa shape index (κ3) is 3.81. The van der Waals surface area contributed by atoms with Gasteiger partial charge >= 0.3 is 0 Å². The Hall–Kier alpha value is -3.71. The quantitative estimate of drug-likeness (QED) is 0.352. The number of hydrogen-bond donors (Lipinski definition) is 3. The van der Waals surface area contributed by atoms with Gasteiger partial charge in [0.25, 0.3) is 5.91 Å². The van der Waals surface area contributed by atoms with Crippen LogP contribution in [-0.4, -0.2) is 40.9 Å². The fraction of sp³-hybridized carbons (Fsp3) is 0.136. The molecule has 0 atom stereocenters. The van der Waals surface area contributed by atoms with Crippen molar-refractivity contribution in [3.05, 3.63) is 72.1 Å². The zero-order valence-electron chi connectivity index (χ0n) is 16.2. The number of carbonyl (C=O) groups is 2. The number of H-pyrrole nitrogens is 1. The molecule has 0 radical (unpaired) electrons. The predicted molar refractivity (Wildman–Crippen MR) is 114 cm³/mol. The zero-order chi connectivity index (χ0) is 21.0. The number of aldehydes is 1. The summed E-state index contributed by atoms with van der Waals surface area (Å²) in [6.07, 6.45) is 4.28. The largest absolute Gasteiger partial charge is 0.398 e. The van der Waals surface area contributed by atoms with Crippen molar-refractivity contribution in [2.75, 3.05) is 19.3 Å². The molecule has 1 aliphatic rings. The Bertz CT molecular complexity index is 1060. The van der Waals surface area contributed by atoms with Gasteiger partial charge in [0.15, 0.2) is 0 Å². The molecule has 1 aliphatic heterocycles. The minimum atomic E-state index is -0.168. The molecule has 4 rings (SSSR count). The van der Waals surface area contributed by atoms with Gasteiger partial charge < -0.3 is 16.4 Å². The van der Waals surface area contributed by atoms with Crippen LogP contribution in [0.25, 0.3) is 22.3 Å². The number of anilines is 1. The third-order valence-corrected chi connectivity index (χ3v) is 4.76. The number of carbonyl (C=O) groups excluding carboxylic acids is 2. The van der Waals surface area contributed by atoms with Gasteiger partial charge in [-0.15, -0.1) is 0 Å². The van der Waals surface area contributed by atoms with Crippen molar-refractivity contribution in [1.82, 2.24) is 15.1 Å². The smallest absolute Gasteiger partial charge is 0.256 e. The highest BCUT2D eigenvalue weighted by Gasteiger charge is 2.31.